The van der Waals surface area contributed by atoms with E-state index in [0.717, 1.165) is 33.4 Å². The molecule has 0 radical (unpaired) electrons. The van der Waals surface area contributed by atoms with E-state index < -0.39 is 5.92 Å². The van der Waals surface area contributed by atoms with Crippen molar-refractivity contribution in [2.75, 3.05) is 0 Å². The summed E-state index contributed by atoms with van der Waals surface area (Å²) in [6.07, 6.45) is 0. The van der Waals surface area contributed by atoms with Crippen LogP contribution in [-0.2, 0) is 4.74 Å². The van der Waals surface area contributed by atoms with E-state index in [1.807, 2.05) is 57.2 Å². The number of allylic oxidation sites excluding steroid dienone is 2. The molecular formula is C33H28N2O2. The van der Waals surface area contributed by atoms with Gasteiger partial charge in [-0.15, -0.1) is 0 Å². The zero-order valence-corrected chi connectivity index (χ0v) is 21.2. The van der Waals surface area contributed by atoms with Crippen LogP contribution in [-0.4, -0.2) is 0 Å². The maximum Gasteiger partial charge on any atom is 0.205 e. The molecule has 0 saturated carbocycles. The van der Waals surface area contributed by atoms with Crippen LogP contribution < -0.4 is 10.5 Å². The maximum absolute atomic E-state index is 10.00. The van der Waals surface area contributed by atoms with Crippen molar-refractivity contribution in [2.45, 2.75) is 26.7 Å². The third-order valence-electron chi connectivity index (χ3n) is 6.68. The third-order valence-corrected chi connectivity index (χ3v) is 6.68. The first-order chi connectivity index (χ1) is 18.0. The molecule has 2 aliphatic heterocycles. The lowest BCUT2D eigenvalue weighted by Crippen LogP contribution is -2.25. The first-order valence-corrected chi connectivity index (χ1v) is 12.4. The van der Waals surface area contributed by atoms with Crippen LogP contribution in [0.15, 0.2) is 114 Å². The topological polar surface area (TPSA) is 68.3 Å². The zero-order valence-electron chi connectivity index (χ0n) is 21.2. The zero-order chi connectivity index (χ0) is 26.1. The molecule has 1 atom stereocenters. The fourth-order valence-corrected chi connectivity index (χ4v) is 5.01. The Morgan fingerprint density at radius 3 is 2.35 bits per heavy atom. The number of nitriles is 1. The molecule has 0 aromatic heterocycles. The average Bonchev–Trinajstić information content (AvgIpc) is 2.94. The van der Waals surface area contributed by atoms with E-state index in [1.165, 1.54) is 10.8 Å². The minimum absolute atomic E-state index is 0.108. The standard InChI is InChI=1S/C31H22N2O2.C2H6/c1-18-10-15-27-25(16-18)30-28(19(2)34-27)29(26(17-32)31(33)35-30)22-13-11-21(12-14-22)24-9-5-7-20-6-3-4-8-23(20)24;1-2/h3-16,29H,2,33H2,1H3;1-2H3. The summed E-state index contributed by atoms with van der Waals surface area (Å²) in [5.41, 5.74) is 12.4. The lowest BCUT2D eigenvalue weighted by Gasteiger charge is -2.34. The van der Waals surface area contributed by atoms with E-state index in [1.54, 1.807) is 0 Å². The molecular weight excluding hydrogens is 456 g/mol. The summed E-state index contributed by atoms with van der Waals surface area (Å²) >= 11 is 0. The van der Waals surface area contributed by atoms with Gasteiger partial charge in [-0.1, -0.05) is 98.8 Å². The number of fused-ring (bicyclic) bond motifs is 3. The third kappa shape index (κ3) is 4.05. The van der Waals surface area contributed by atoms with E-state index >= 15 is 0 Å². The normalized spacial score (nSPS) is 16.1. The highest BCUT2D eigenvalue weighted by molar-refractivity contribution is 5.96. The average molecular weight is 485 g/mol. The van der Waals surface area contributed by atoms with Gasteiger partial charge in [0.15, 0.2) is 0 Å². The molecule has 0 aliphatic carbocycles. The van der Waals surface area contributed by atoms with Gasteiger partial charge < -0.3 is 15.2 Å². The van der Waals surface area contributed by atoms with Gasteiger partial charge in [0.25, 0.3) is 0 Å². The van der Waals surface area contributed by atoms with Gasteiger partial charge in [-0.25, -0.2) is 0 Å². The Morgan fingerprint density at radius 2 is 1.59 bits per heavy atom. The van der Waals surface area contributed by atoms with Crippen LogP contribution in [0.3, 0.4) is 0 Å². The minimum atomic E-state index is -0.438. The second-order valence-electron chi connectivity index (χ2n) is 8.84. The van der Waals surface area contributed by atoms with Gasteiger partial charge in [0.05, 0.1) is 17.1 Å². The maximum atomic E-state index is 10.00. The second kappa shape index (κ2) is 9.72. The molecule has 0 spiro atoms. The molecule has 0 bridgehead atoms. The Bertz CT molecular complexity index is 1630. The molecule has 4 heteroatoms. The molecule has 6 rings (SSSR count). The predicted molar refractivity (Wildman–Crippen MR) is 149 cm³/mol. The molecule has 0 amide bonds. The van der Waals surface area contributed by atoms with Gasteiger partial charge in [-0.3, -0.25) is 0 Å². The molecule has 4 aromatic carbocycles. The summed E-state index contributed by atoms with van der Waals surface area (Å²) in [7, 11) is 0. The lowest BCUT2D eigenvalue weighted by molar-refractivity contribution is 0.331. The number of benzene rings is 4. The predicted octanol–water partition coefficient (Wildman–Crippen LogP) is 7.97. The highest BCUT2D eigenvalue weighted by Gasteiger charge is 2.39. The van der Waals surface area contributed by atoms with Crippen LogP contribution >= 0.6 is 0 Å². The molecule has 4 aromatic rings. The highest BCUT2D eigenvalue weighted by Crippen LogP contribution is 2.50. The Balaban J connectivity index is 0.00000137. The molecule has 2 heterocycles. The van der Waals surface area contributed by atoms with E-state index in [0.29, 0.717) is 22.8 Å². The van der Waals surface area contributed by atoms with Crippen LogP contribution in [0.4, 0.5) is 0 Å². The van der Waals surface area contributed by atoms with Crippen molar-refractivity contribution < 1.29 is 9.47 Å². The lowest BCUT2D eigenvalue weighted by atomic mass is 9.80. The highest BCUT2D eigenvalue weighted by atomic mass is 16.5. The van der Waals surface area contributed by atoms with E-state index in [9.17, 15) is 5.26 Å². The van der Waals surface area contributed by atoms with Crippen LogP contribution in [0, 0.1) is 18.3 Å². The Kier molecular flexibility index (Phi) is 6.29. The molecule has 182 valence electrons. The molecule has 0 fully saturated rings. The van der Waals surface area contributed by atoms with Crippen molar-refractivity contribution in [1.82, 2.24) is 0 Å². The summed E-state index contributed by atoms with van der Waals surface area (Å²) in [6.45, 7) is 10.2. The Morgan fingerprint density at radius 1 is 0.865 bits per heavy atom. The molecule has 2 N–H and O–H groups in total. The Hall–Kier alpha value is -4.75. The number of ether oxygens (including phenoxy) is 2. The van der Waals surface area contributed by atoms with Crippen molar-refractivity contribution in [3.8, 4) is 22.9 Å². The number of hydrogen-bond donors (Lipinski definition) is 1. The number of aryl methyl sites for hydroxylation is 1. The SMILES string of the molecule is C=C1Oc2ccc(C)cc2C2=C1C(c1ccc(-c3cccc4ccccc34)cc1)C(C#N)=C(N)O2.CC. The number of hydrogen-bond acceptors (Lipinski definition) is 4. The van der Waals surface area contributed by atoms with Gasteiger partial charge in [-0.05, 0) is 46.5 Å². The summed E-state index contributed by atoms with van der Waals surface area (Å²) < 4.78 is 12.1. The quantitative estimate of drug-likeness (QED) is 0.313. The first kappa shape index (κ1) is 24.0. The number of nitrogens with two attached hydrogens (primary N) is 1. The Labute approximate surface area is 217 Å². The number of nitrogens with zero attached hydrogens (tertiary/aromatic N) is 1. The molecule has 1 unspecified atom stereocenters. The summed E-state index contributed by atoms with van der Waals surface area (Å²) in [6, 6.07) is 31.1. The van der Waals surface area contributed by atoms with Crippen molar-refractivity contribution in [3.05, 3.63) is 131 Å². The van der Waals surface area contributed by atoms with Gasteiger partial charge in [-0.2, -0.15) is 5.26 Å². The van der Waals surface area contributed by atoms with Crippen LogP contribution in [0.25, 0.3) is 27.7 Å². The van der Waals surface area contributed by atoms with Gasteiger partial charge in [0, 0.05) is 0 Å². The van der Waals surface area contributed by atoms with E-state index in [-0.39, 0.29) is 5.88 Å². The number of rotatable bonds is 2. The molecule has 37 heavy (non-hydrogen) atoms. The summed E-state index contributed by atoms with van der Waals surface area (Å²) in [5, 5.41) is 12.4. The van der Waals surface area contributed by atoms with Gasteiger partial charge in [0.1, 0.15) is 28.9 Å². The van der Waals surface area contributed by atoms with E-state index in [4.69, 9.17) is 15.2 Å². The largest absolute Gasteiger partial charge is 0.457 e. The monoisotopic (exact) mass is 484 g/mol. The summed E-state index contributed by atoms with van der Waals surface area (Å²) in [4.78, 5) is 0. The van der Waals surface area contributed by atoms with Crippen molar-refractivity contribution in [1.29, 1.82) is 5.26 Å². The van der Waals surface area contributed by atoms with Crippen LogP contribution in [0.5, 0.6) is 5.75 Å². The van der Waals surface area contributed by atoms with Crippen molar-refractivity contribution >= 4 is 16.5 Å². The second-order valence-corrected chi connectivity index (χ2v) is 8.84. The fourth-order valence-electron chi connectivity index (χ4n) is 5.01. The van der Waals surface area contributed by atoms with Crippen molar-refractivity contribution in [3.63, 3.8) is 0 Å². The first-order valence-electron chi connectivity index (χ1n) is 12.4. The van der Waals surface area contributed by atoms with Crippen LogP contribution in [0.2, 0.25) is 0 Å². The molecule has 0 saturated heterocycles. The molecule has 2 aliphatic rings. The fraction of sp³-hybridized carbons (Fsp3) is 0.121. The summed E-state index contributed by atoms with van der Waals surface area (Å²) in [5.74, 6) is 1.39. The van der Waals surface area contributed by atoms with E-state index in [2.05, 4.69) is 61.2 Å². The smallest absolute Gasteiger partial charge is 0.205 e. The minimum Gasteiger partial charge on any atom is -0.457 e. The van der Waals surface area contributed by atoms with Gasteiger partial charge >= 0.3 is 0 Å². The van der Waals surface area contributed by atoms with Crippen molar-refractivity contribution in [2.24, 2.45) is 5.73 Å². The van der Waals surface area contributed by atoms with Crippen LogP contribution in [0.1, 0.15) is 36.5 Å². The molecule has 4 nitrogen and oxygen atoms in total. The van der Waals surface area contributed by atoms with Gasteiger partial charge in [0.2, 0.25) is 5.88 Å².